The van der Waals surface area contributed by atoms with Crippen LogP contribution in [0.1, 0.15) is 40.0 Å². The summed E-state index contributed by atoms with van der Waals surface area (Å²) in [7, 11) is 0. The van der Waals surface area contributed by atoms with Gasteiger partial charge in [0.2, 0.25) is 11.8 Å². The molecule has 2 amide bonds. The van der Waals surface area contributed by atoms with Gasteiger partial charge >= 0.3 is 0 Å². The fraction of sp³-hybridized carbons (Fsp3) is 0.846. The van der Waals surface area contributed by atoms with Gasteiger partial charge in [0, 0.05) is 31.7 Å². The number of aliphatic hydroxyl groups excluding tert-OH is 1. The highest BCUT2D eigenvalue weighted by Crippen LogP contribution is 2.20. The minimum Gasteiger partial charge on any atom is -0.396 e. The van der Waals surface area contributed by atoms with E-state index in [1.807, 2.05) is 20.8 Å². The lowest BCUT2D eigenvalue weighted by molar-refractivity contribution is -0.130. The van der Waals surface area contributed by atoms with Gasteiger partial charge < -0.3 is 15.3 Å². The van der Waals surface area contributed by atoms with E-state index in [4.69, 9.17) is 5.11 Å². The molecule has 2 N–H and O–H groups in total. The molecule has 1 fully saturated rings. The summed E-state index contributed by atoms with van der Waals surface area (Å²) >= 11 is 0. The Labute approximate surface area is 109 Å². The third kappa shape index (κ3) is 3.98. The molecule has 0 aromatic rings. The molecule has 0 saturated carbocycles. The van der Waals surface area contributed by atoms with Gasteiger partial charge in [0.15, 0.2) is 0 Å². The van der Waals surface area contributed by atoms with Gasteiger partial charge in [-0.05, 0) is 33.6 Å². The lowest BCUT2D eigenvalue weighted by Crippen LogP contribution is -2.39. The van der Waals surface area contributed by atoms with Crippen LogP contribution in [0.5, 0.6) is 0 Å². The number of hydrogen-bond donors (Lipinski definition) is 2. The van der Waals surface area contributed by atoms with Crippen LogP contribution >= 0.6 is 0 Å². The molecule has 0 spiro atoms. The number of carbonyl (C=O) groups excluding carboxylic acids is 2. The Morgan fingerprint density at radius 2 is 2.17 bits per heavy atom. The Hall–Kier alpha value is -1.10. The van der Waals surface area contributed by atoms with Crippen molar-refractivity contribution in [1.29, 1.82) is 0 Å². The Balaban J connectivity index is 2.42. The zero-order valence-electron chi connectivity index (χ0n) is 11.5. The summed E-state index contributed by atoms with van der Waals surface area (Å²) in [5.41, 5.74) is 0. The van der Waals surface area contributed by atoms with Crippen LogP contribution in [0.15, 0.2) is 0 Å². The summed E-state index contributed by atoms with van der Waals surface area (Å²) in [6.07, 6.45) is 1.76. The number of hydrogen-bond acceptors (Lipinski definition) is 3. The fourth-order valence-corrected chi connectivity index (χ4v) is 2.24. The van der Waals surface area contributed by atoms with E-state index in [0.29, 0.717) is 19.4 Å². The molecule has 1 aliphatic rings. The van der Waals surface area contributed by atoms with Crippen LogP contribution in [0.3, 0.4) is 0 Å². The van der Waals surface area contributed by atoms with E-state index >= 15 is 0 Å². The fourth-order valence-electron chi connectivity index (χ4n) is 2.24. The zero-order chi connectivity index (χ0) is 13.7. The van der Waals surface area contributed by atoms with Gasteiger partial charge in [0.1, 0.15) is 0 Å². The smallest absolute Gasteiger partial charge is 0.225 e. The maximum absolute atomic E-state index is 12.0. The minimum atomic E-state index is -0.225. The predicted octanol–water partition coefficient (Wildman–Crippen LogP) is 0.520. The van der Waals surface area contributed by atoms with Gasteiger partial charge in [0.25, 0.3) is 0 Å². The number of rotatable bonds is 6. The van der Waals surface area contributed by atoms with E-state index in [2.05, 4.69) is 5.32 Å². The topological polar surface area (TPSA) is 69.6 Å². The van der Waals surface area contributed by atoms with Crippen molar-refractivity contribution in [2.45, 2.75) is 52.1 Å². The second kappa shape index (κ2) is 6.73. The van der Waals surface area contributed by atoms with Crippen molar-refractivity contribution >= 4 is 11.8 Å². The average Bonchev–Trinajstić information content (AvgIpc) is 2.68. The van der Waals surface area contributed by atoms with Crippen molar-refractivity contribution in [2.75, 3.05) is 13.2 Å². The highest BCUT2D eigenvalue weighted by atomic mass is 16.3. The molecule has 0 aromatic heterocycles. The molecule has 0 aromatic carbocycles. The van der Waals surface area contributed by atoms with E-state index in [1.165, 1.54) is 0 Å². The minimum absolute atomic E-state index is 0.0445. The number of amides is 2. The molecule has 5 nitrogen and oxygen atoms in total. The van der Waals surface area contributed by atoms with Crippen molar-refractivity contribution in [1.82, 2.24) is 10.2 Å². The Bertz CT molecular complexity index is 305. The van der Waals surface area contributed by atoms with Crippen molar-refractivity contribution in [3.63, 3.8) is 0 Å². The largest absolute Gasteiger partial charge is 0.396 e. The van der Waals surface area contributed by atoms with E-state index in [1.54, 1.807) is 4.90 Å². The normalized spacial score (nSPS) is 21.5. The van der Waals surface area contributed by atoms with Crippen LogP contribution in [0, 0.1) is 5.92 Å². The Morgan fingerprint density at radius 3 is 2.67 bits per heavy atom. The molecular formula is C13H24N2O3. The van der Waals surface area contributed by atoms with Crippen LogP contribution < -0.4 is 5.32 Å². The molecule has 2 atom stereocenters. The maximum Gasteiger partial charge on any atom is 0.225 e. The Morgan fingerprint density at radius 1 is 1.50 bits per heavy atom. The Kier molecular flexibility index (Phi) is 5.59. The van der Waals surface area contributed by atoms with Crippen LogP contribution in [-0.4, -0.2) is 47.1 Å². The number of nitrogens with zero attached hydrogens (tertiary/aromatic N) is 1. The van der Waals surface area contributed by atoms with Gasteiger partial charge in [-0.1, -0.05) is 0 Å². The third-order valence-corrected chi connectivity index (χ3v) is 3.34. The maximum atomic E-state index is 12.0. The van der Waals surface area contributed by atoms with E-state index in [0.717, 1.165) is 6.42 Å². The quantitative estimate of drug-likeness (QED) is 0.728. The molecular weight excluding hydrogens is 232 g/mol. The second-order valence-electron chi connectivity index (χ2n) is 5.32. The molecule has 18 heavy (non-hydrogen) atoms. The number of nitrogens with one attached hydrogen (secondary N) is 1. The first-order valence-electron chi connectivity index (χ1n) is 6.66. The number of aliphatic hydroxyl groups is 1. The molecule has 0 aliphatic carbocycles. The van der Waals surface area contributed by atoms with Crippen molar-refractivity contribution in [3.8, 4) is 0 Å². The lowest BCUT2D eigenvalue weighted by Gasteiger charge is -2.21. The molecule has 1 saturated heterocycles. The predicted molar refractivity (Wildman–Crippen MR) is 68.9 cm³/mol. The SMILES string of the molecule is CC(CCCO)NC(=O)C1CC(=O)N(C(C)C)C1. The van der Waals surface area contributed by atoms with Gasteiger partial charge in [-0.3, -0.25) is 9.59 Å². The van der Waals surface area contributed by atoms with Gasteiger partial charge in [-0.15, -0.1) is 0 Å². The van der Waals surface area contributed by atoms with Crippen LogP contribution in [0.4, 0.5) is 0 Å². The summed E-state index contributed by atoms with van der Waals surface area (Å²) in [6.45, 7) is 6.51. The zero-order valence-corrected chi connectivity index (χ0v) is 11.5. The molecule has 1 aliphatic heterocycles. The van der Waals surface area contributed by atoms with Gasteiger partial charge in [-0.25, -0.2) is 0 Å². The van der Waals surface area contributed by atoms with Crippen LogP contribution in [-0.2, 0) is 9.59 Å². The molecule has 1 heterocycles. The summed E-state index contributed by atoms with van der Waals surface area (Å²) in [4.78, 5) is 25.4. The summed E-state index contributed by atoms with van der Waals surface area (Å²) in [5.74, 6) is -0.207. The van der Waals surface area contributed by atoms with Crippen molar-refractivity contribution in [3.05, 3.63) is 0 Å². The lowest BCUT2D eigenvalue weighted by atomic mass is 10.1. The molecule has 0 radical (unpaired) electrons. The van der Waals surface area contributed by atoms with Crippen LogP contribution in [0.25, 0.3) is 0 Å². The van der Waals surface area contributed by atoms with Crippen molar-refractivity contribution in [2.24, 2.45) is 5.92 Å². The number of likely N-dealkylation sites (tertiary alicyclic amines) is 1. The first-order valence-corrected chi connectivity index (χ1v) is 6.66. The summed E-state index contributed by atoms with van der Waals surface area (Å²) in [6, 6.07) is 0.204. The van der Waals surface area contributed by atoms with E-state index in [9.17, 15) is 9.59 Å². The molecule has 1 rings (SSSR count). The number of carbonyl (C=O) groups is 2. The monoisotopic (exact) mass is 256 g/mol. The third-order valence-electron chi connectivity index (χ3n) is 3.34. The summed E-state index contributed by atoms with van der Waals surface area (Å²) < 4.78 is 0. The van der Waals surface area contributed by atoms with Gasteiger partial charge in [-0.2, -0.15) is 0 Å². The standard InChI is InChI=1S/C13H24N2O3/c1-9(2)15-8-11(7-12(15)17)13(18)14-10(3)5-4-6-16/h9-11,16H,4-8H2,1-3H3,(H,14,18). The van der Waals surface area contributed by atoms with Crippen molar-refractivity contribution < 1.29 is 14.7 Å². The average molecular weight is 256 g/mol. The molecule has 0 bridgehead atoms. The van der Waals surface area contributed by atoms with E-state index < -0.39 is 0 Å². The molecule has 5 heteroatoms. The highest BCUT2D eigenvalue weighted by Gasteiger charge is 2.35. The summed E-state index contributed by atoms with van der Waals surface area (Å²) in [5, 5.41) is 11.6. The van der Waals surface area contributed by atoms with Gasteiger partial charge in [0.05, 0.1) is 5.92 Å². The van der Waals surface area contributed by atoms with Crippen LogP contribution in [0.2, 0.25) is 0 Å². The second-order valence-corrected chi connectivity index (χ2v) is 5.32. The first kappa shape index (κ1) is 15.0. The first-order chi connectivity index (χ1) is 8.45. The van der Waals surface area contributed by atoms with E-state index in [-0.39, 0.29) is 36.4 Å². The highest BCUT2D eigenvalue weighted by molar-refractivity contribution is 5.89. The molecule has 2 unspecified atom stereocenters. The molecule has 104 valence electrons.